The van der Waals surface area contributed by atoms with Crippen LogP contribution in [0.2, 0.25) is 10.0 Å². The highest BCUT2D eigenvalue weighted by atomic mass is 35.5. The van der Waals surface area contributed by atoms with E-state index < -0.39 is 27.3 Å². The van der Waals surface area contributed by atoms with Crippen molar-refractivity contribution < 1.29 is 22.3 Å². The number of sulfonamides is 1. The van der Waals surface area contributed by atoms with Crippen molar-refractivity contribution >= 4 is 39.1 Å². The van der Waals surface area contributed by atoms with Crippen molar-refractivity contribution in [3.63, 3.8) is 0 Å². The number of ether oxygens (including phenoxy) is 1. The highest BCUT2D eigenvalue weighted by molar-refractivity contribution is 7.89. The van der Waals surface area contributed by atoms with Crippen LogP contribution in [-0.4, -0.2) is 31.2 Å². The highest BCUT2D eigenvalue weighted by Crippen LogP contribution is 2.39. The molecule has 0 saturated heterocycles. The monoisotopic (exact) mass is 446 g/mol. The first kappa shape index (κ1) is 20.8. The van der Waals surface area contributed by atoms with Crippen molar-refractivity contribution in [1.29, 1.82) is 0 Å². The Balaban J connectivity index is 1.90. The number of nitrogens with zero attached hydrogens (tertiary/aromatic N) is 1. The molecule has 1 aliphatic carbocycles. The van der Waals surface area contributed by atoms with E-state index in [1.807, 2.05) is 6.92 Å². The molecule has 1 aromatic carbocycles. The van der Waals surface area contributed by atoms with Crippen LogP contribution in [0.15, 0.2) is 24.4 Å². The number of benzene rings is 1. The summed E-state index contributed by atoms with van der Waals surface area (Å²) in [5.41, 5.74) is -0.0895. The molecule has 10 heteroatoms. The molecular weight excluding hydrogens is 430 g/mol. The first-order chi connectivity index (χ1) is 13.0. The van der Waals surface area contributed by atoms with Crippen molar-refractivity contribution in [1.82, 2.24) is 9.71 Å². The molecule has 2 aromatic rings. The minimum Gasteiger partial charge on any atom is -0.470 e. The molecule has 1 fully saturated rings. The van der Waals surface area contributed by atoms with E-state index in [0.717, 1.165) is 37.7 Å². The Bertz CT molecular complexity index is 1060. The fraction of sp³-hybridized carbons (Fsp3) is 0.333. The smallest absolute Gasteiger partial charge is 0.267 e. The van der Waals surface area contributed by atoms with E-state index in [9.17, 15) is 17.6 Å². The summed E-state index contributed by atoms with van der Waals surface area (Å²) in [6, 6.07) is 3.63. The van der Waals surface area contributed by atoms with Gasteiger partial charge in [0.2, 0.25) is 15.9 Å². The Labute approximate surface area is 172 Å². The number of carbonyl (C=O) groups excluding carboxylic acids is 1. The minimum absolute atomic E-state index is 0.0394. The van der Waals surface area contributed by atoms with Crippen molar-refractivity contribution in [3.8, 4) is 17.0 Å². The Morgan fingerprint density at radius 3 is 2.46 bits per heavy atom. The lowest BCUT2D eigenvalue weighted by Gasteiger charge is -2.38. The van der Waals surface area contributed by atoms with Crippen LogP contribution in [0.25, 0.3) is 11.1 Å². The molecule has 0 bridgehead atoms. The van der Waals surface area contributed by atoms with Crippen molar-refractivity contribution in [2.75, 3.05) is 6.26 Å². The molecule has 1 saturated carbocycles. The maximum Gasteiger partial charge on any atom is 0.267 e. The molecule has 0 atom stereocenters. The fourth-order valence-corrected chi connectivity index (χ4v) is 3.75. The molecule has 0 aliphatic heterocycles. The van der Waals surface area contributed by atoms with E-state index in [1.54, 1.807) is 10.8 Å². The number of hydrogen-bond acceptors (Lipinski definition) is 5. The molecule has 1 heterocycles. The third kappa shape index (κ3) is 4.56. The van der Waals surface area contributed by atoms with Gasteiger partial charge in [-0.3, -0.25) is 4.79 Å². The molecule has 3 rings (SSSR count). The van der Waals surface area contributed by atoms with Crippen LogP contribution >= 0.6 is 23.2 Å². The molecule has 1 aliphatic rings. The Hall–Kier alpha value is -1.90. The van der Waals surface area contributed by atoms with E-state index >= 15 is 0 Å². The summed E-state index contributed by atoms with van der Waals surface area (Å²) < 4.78 is 44.3. The summed E-state index contributed by atoms with van der Waals surface area (Å²) in [5, 5.41) is 0.290. The molecule has 0 unspecified atom stereocenters. The SMILES string of the molecule is CC1(Oc2ncc(-c3cc(F)c(C(=O)NS(C)(=O)=O)cc3Cl)cc2Cl)CCC1. The average Bonchev–Trinajstić information content (AvgIpc) is 2.55. The second kappa shape index (κ2) is 7.50. The molecule has 150 valence electrons. The van der Waals surface area contributed by atoms with E-state index in [-0.39, 0.29) is 27.1 Å². The molecule has 28 heavy (non-hydrogen) atoms. The van der Waals surface area contributed by atoms with Gasteiger partial charge in [0.25, 0.3) is 5.91 Å². The van der Waals surface area contributed by atoms with Gasteiger partial charge in [-0.25, -0.2) is 22.5 Å². The zero-order chi connectivity index (χ0) is 20.7. The van der Waals surface area contributed by atoms with Crippen molar-refractivity contribution in [3.05, 3.63) is 45.8 Å². The number of nitrogens with one attached hydrogen (secondary N) is 1. The molecule has 0 radical (unpaired) electrons. The topological polar surface area (TPSA) is 85.4 Å². The quantitative estimate of drug-likeness (QED) is 0.743. The van der Waals surface area contributed by atoms with E-state index in [2.05, 4.69) is 4.98 Å². The lowest BCUT2D eigenvalue weighted by molar-refractivity contribution is 0.00733. The number of halogens is 3. The van der Waals surface area contributed by atoms with Crippen LogP contribution in [-0.2, 0) is 10.0 Å². The summed E-state index contributed by atoms with van der Waals surface area (Å²) in [4.78, 5) is 16.1. The maximum absolute atomic E-state index is 14.4. The maximum atomic E-state index is 14.4. The van der Waals surface area contributed by atoms with Crippen LogP contribution in [0.5, 0.6) is 5.88 Å². The van der Waals surface area contributed by atoms with Gasteiger partial charge in [-0.2, -0.15) is 0 Å². The predicted octanol–water partition coefficient (Wildman–Crippen LogP) is 4.21. The first-order valence-electron chi connectivity index (χ1n) is 8.33. The summed E-state index contributed by atoms with van der Waals surface area (Å²) in [6.07, 6.45) is 5.15. The second-order valence-corrected chi connectivity index (χ2v) is 9.49. The lowest BCUT2D eigenvalue weighted by atomic mass is 9.82. The van der Waals surface area contributed by atoms with Crippen LogP contribution in [0.4, 0.5) is 4.39 Å². The normalized spacial score (nSPS) is 15.6. The Kier molecular flexibility index (Phi) is 5.58. The standard InChI is InChI=1S/C18H17Cl2FN2O4S/c1-18(4-3-5-18)27-17-14(20)6-10(9-22-17)11-8-15(21)12(7-13(11)19)16(24)23-28(2,25)26/h6-9H,3-5H2,1-2H3,(H,23,24). The van der Waals surface area contributed by atoms with E-state index in [0.29, 0.717) is 5.56 Å². The third-order valence-corrected chi connectivity index (χ3v) is 5.59. The Morgan fingerprint density at radius 2 is 1.93 bits per heavy atom. The van der Waals surface area contributed by atoms with Crippen LogP contribution in [0.1, 0.15) is 36.5 Å². The largest absolute Gasteiger partial charge is 0.470 e. The highest BCUT2D eigenvalue weighted by Gasteiger charge is 2.35. The van der Waals surface area contributed by atoms with Crippen molar-refractivity contribution in [2.45, 2.75) is 31.8 Å². The molecule has 1 N–H and O–H groups in total. The zero-order valence-electron chi connectivity index (χ0n) is 15.1. The lowest BCUT2D eigenvalue weighted by Crippen LogP contribution is -2.39. The van der Waals surface area contributed by atoms with Gasteiger partial charge >= 0.3 is 0 Å². The first-order valence-corrected chi connectivity index (χ1v) is 11.0. The molecule has 1 amide bonds. The number of pyridine rings is 1. The van der Waals surface area contributed by atoms with Crippen LogP contribution < -0.4 is 9.46 Å². The molecular formula is C18H17Cl2FN2O4S. The number of amides is 1. The fourth-order valence-electron chi connectivity index (χ4n) is 2.82. The molecule has 0 spiro atoms. The molecule has 1 aromatic heterocycles. The molecule has 6 nitrogen and oxygen atoms in total. The summed E-state index contributed by atoms with van der Waals surface area (Å²) >= 11 is 12.4. The number of aromatic nitrogens is 1. The average molecular weight is 447 g/mol. The van der Waals surface area contributed by atoms with E-state index in [4.69, 9.17) is 27.9 Å². The van der Waals surface area contributed by atoms with Gasteiger partial charge in [-0.15, -0.1) is 0 Å². The summed E-state index contributed by atoms with van der Waals surface area (Å²) in [5.74, 6) is -1.76. The number of carbonyl (C=O) groups is 1. The van der Waals surface area contributed by atoms with Gasteiger partial charge in [0.05, 0.1) is 11.8 Å². The van der Waals surface area contributed by atoms with Gasteiger partial charge in [0, 0.05) is 22.3 Å². The number of rotatable bonds is 5. The van der Waals surface area contributed by atoms with Gasteiger partial charge in [-0.1, -0.05) is 23.2 Å². The van der Waals surface area contributed by atoms with Gasteiger partial charge in [-0.05, 0) is 44.4 Å². The van der Waals surface area contributed by atoms with Gasteiger partial charge < -0.3 is 4.74 Å². The van der Waals surface area contributed by atoms with Crippen LogP contribution in [0, 0.1) is 5.82 Å². The van der Waals surface area contributed by atoms with Gasteiger partial charge in [0.1, 0.15) is 16.4 Å². The Morgan fingerprint density at radius 1 is 1.25 bits per heavy atom. The summed E-state index contributed by atoms with van der Waals surface area (Å²) in [7, 11) is -3.84. The number of hydrogen-bond donors (Lipinski definition) is 1. The van der Waals surface area contributed by atoms with E-state index in [1.165, 1.54) is 6.20 Å². The van der Waals surface area contributed by atoms with Crippen molar-refractivity contribution in [2.24, 2.45) is 0 Å². The minimum atomic E-state index is -3.84. The second-order valence-electron chi connectivity index (χ2n) is 6.93. The van der Waals surface area contributed by atoms with Crippen LogP contribution in [0.3, 0.4) is 0 Å². The predicted molar refractivity (Wildman–Crippen MR) is 105 cm³/mol. The third-order valence-electron chi connectivity index (χ3n) is 4.45. The van der Waals surface area contributed by atoms with Gasteiger partial charge in [0.15, 0.2) is 0 Å². The zero-order valence-corrected chi connectivity index (χ0v) is 17.4. The summed E-state index contributed by atoms with van der Waals surface area (Å²) in [6.45, 7) is 1.98.